The standard InChI is InChI=1S/C14H27NS2/c1-10-11(2)17-13(9-16-10)14(15-3)12-7-5-4-6-8-12/h10-15H,4-9H2,1-3H3. The fourth-order valence-corrected chi connectivity index (χ4v) is 6.46. The predicted molar refractivity (Wildman–Crippen MR) is 82.2 cm³/mol. The fraction of sp³-hybridized carbons (Fsp3) is 1.00. The molecular weight excluding hydrogens is 246 g/mol. The van der Waals surface area contributed by atoms with Crippen LogP contribution in [0.4, 0.5) is 0 Å². The molecule has 0 aromatic rings. The van der Waals surface area contributed by atoms with Gasteiger partial charge in [0.25, 0.3) is 0 Å². The Morgan fingerprint density at radius 1 is 1.06 bits per heavy atom. The van der Waals surface area contributed by atoms with Crippen molar-refractivity contribution in [3.05, 3.63) is 0 Å². The summed E-state index contributed by atoms with van der Waals surface area (Å²) in [5, 5.41) is 6.13. The third-order valence-electron chi connectivity index (χ3n) is 4.47. The summed E-state index contributed by atoms with van der Waals surface area (Å²) in [4.78, 5) is 0. The average Bonchev–Trinajstić information content (AvgIpc) is 2.36. The minimum atomic E-state index is 0.753. The molecule has 1 nitrogen and oxygen atoms in total. The first-order valence-electron chi connectivity index (χ1n) is 7.16. The molecule has 1 N–H and O–H groups in total. The van der Waals surface area contributed by atoms with E-state index in [2.05, 4.69) is 49.7 Å². The second kappa shape index (κ2) is 6.72. The van der Waals surface area contributed by atoms with E-state index < -0.39 is 0 Å². The lowest BCUT2D eigenvalue weighted by Crippen LogP contribution is -2.47. The molecule has 1 aliphatic heterocycles. The largest absolute Gasteiger partial charge is 0.316 e. The molecule has 2 aliphatic rings. The summed E-state index contributed by atoms with van der Waals surface area (Å²) >= 11 is 4.42. The molecule has 2 rings (SSSR count). The van der Waals surface area contributed by atoms with Crippen LogP contribution in [-0.4, -0.2) is 34.6 Å². The van der Waals surface area contributed by atoms with Crippen LogP contribution in [0.3, 0.4) is 0 Å². The van der Waals surface area contributed by atoms with Crippen molar-refractivity contribution in [2.45, 2.75) is 67.7 Å². The third kappa shape index (κ3) is 3.57. The van der Waals surface area contributed by atoms with Gasteiger partial charge in [-0.25, -0.2) is 0 Å². The Balaban J connectivity index is 1.93. The molecule has 0 radical (unpaired) electrons. The molecular formula is C14H27NS2. The highest BCUT2D eigenvalue weighted by molar-refractivity contribution is 8.07. The normalized spacial score (nSPS) is 37.9. The summed E-state index contributed by atoms with van der Waals surface area (Å²) in [6.45, 7) is 4.79. The molecule has 17 heavy (non-hydrogen) atoms. The van der Waals surface area contributed by atoms with Crippen LogP contribution in [0.2, 0.25) is 0 Å². The zero-order valence-corrected chi connectivity index (χ0v) is 13.1. The van der Waals surface area contributed by atoms with Crippen LogP contribution in [0.15, 0.2) is 0 Å². The Kier molecular flexibility index (Phi) is 5.56. The van der Waals surface area contributed by atoms with E-state index in [-0.39, 0.29) is 0 Å². The molecule has 0 bridgehead atoms. The van der Waals surface area contributed by atoms with Crippen molar-refractivity contribution in [2.24, 2.45) is 5.92 Å². The van der Waals surface area contributed by atoms with Crippen molar-refractivity contribution in [3.8, 4) is 0 Å². The Morgan fingerprint density at radius 3 is 2.35 bits per heavy atom. The van der Waals surface area contributed by atoms with Gasteiger partial charge in [-0.2, -0.15) is 23.5 Å². The van der Waals surface area contributed by atoms with Crippen molar-refractivity contribution >= 4 is 23.5 Å². The predicted octanol–water partition coefficient (Wildman–Crippen LogP) is 3.78. The molecule has 1 saturated heterocycles. The summed E-state index contributed by atoms with van der Waals surface area (Å²) < 4.78 is 0. The van der Waals surface area contributed by atoms with Gasteiger partial charge in [0.2, 0.25) is 0 Å². The number of nitrogens with one attached hydrogen (secondary N) is 1. The summed E-state index contributed by atoms with van der Waals surface area (Å²) in [5.74, 6) is 2.28. The Labute approximate surface area is 115 Å². The van der Waals surface area contributed by atoms with Crippen molar-refractivity contribution in [1.29, 1.82) is 0 Å². The molecule has 1 saturated carbocycles. The van der Waals surface area contributed by atoms with E-state index in [0.717, 1.165) is 27.7 Å². The van der Waals surface area contributed by atoms with Gasteiger partial charge in [0.15, 0.2) is 0 Å². The van der Waals surface area contributed by atoms with E-state index >= 15 is 0 Å². The van der Waals surface area contributed by atoms with Gasteiger partial charge in [-0.05, 0) is 25.8 Å². The Morgan fingerprint density at radius 2 is 1.76 bits per heavy atom. The van der Waals surface area contributed by atoms with E-state index in [1.54, 1.807) is 0 Å². The highest BCUT2D eigenvalue weighted by Gasteiger charge is 2.34. The van der Waals surface area contributed by atoms with E-state index in [1.165, 1.54) is 37.9 Å². The number of thioether (sulfide) groups is 2. The fourth-order valence-electron chi connectivity index (χ4n) is 3.21. The summed E-state index contributed by atoms with van der Waals surface area (Å²) in [6, 6.07) is 0.753. The van der Waals surface area contributed by atoms with Crippen molar-refractivity contribution in [3.63, 3.8) is 0 Å². The topological polar surface area (TPSA) is 12.0 Å². The molecule has 0 aromatic carbocycles. The zero-order chi connectivity index (χ0) is 12.3. The van der Waals surface area contributed by atoms with Crippen LogP contribution in [-0.2, 0) is 0 Å². The molecule has 1 aliphatic carbocycles. The van der Waals surface area contributed by atoms with Gasteiger partial charge in [-0.3, -0.25) is 0 Å². The summed E-state index contributed by atoms with van der Waals surface area (Å²) in [6.07, 6.45) is 7.29. The molecule has 1 heterocycles. The van der Waals surface area contributed by atoms with Crippen LogP contribution < -0.4 is 5.32 Å². The maximum atomic E-state index is 3.64. The van der Waals surface area contributed by atoms with Crippen molar-refractivity contribution in [1.82, 2.24) is 5.32 Å². The average molecular weight is 274 g/mol. The van der Waals surface area contributed by atoms with E-state index in [9.17, 15) is 0 Å². The van der Waals surface area contributed by atoms with Gasteiger partial charge in [-0.15, -0.1) is 0 Å². The monoisotopic (exact) mass is 273 g/mol. The SMILES string of the molecule is CNC(C1CCCCC1)C1CSC(C)C(C)S1. The smallest absolute Gasteiger partial charge is 0.0297 e. The maximum absolute atomic E-state index is 3.64. The van der Waals surface area contributed by atoms with Gasteiger partial charge in [0, 0.05) is 27.5 Å². The van der Waals surface area contributed by atoms with Crippen molar-refractivity contribution in [2.75, 3.05) is 12.8 Å². The van der Waals surface area contributed by atoms with Gasteiger partial charge >= 0.3 is 0 Å². The van der Waals surface area contributed by atoms with Crippen LogP contribution in [0.25, 0.3) is 0 Å². The quantitative estimate of drug-likeness (QED) is 0.840. The van der Waals surface area contributed by atoms with E-state index in [4.69, 9.17) is 0 Å². The highest BCUT2D eigenvalue weighted by Crippen LogP contribution is 2.40. The van der Waals surface area contributed by atoms with Crippen LogP contribution in [0.5, 0.6) is 0 Å². The second-order valence-electron chi connectivity index (χ2n) is 5.63. The summed E-state index contributed by atoms with van der Waals surface area (Å²) in [7, 11) is 2.17. The van der Waals surface area contributed by atoms with Crippen LogP contribution >= 0.6 is 23.5 Å². The molecule has 4 atom stereocenters. The number of rotatable bonds is 3. The summed E-state index contributed by atoms with van der Waals surface area (Å²) in [5.41, 5.74) is 0. The molecule has 4 unspecified atom stereocenters. The molecule has 2 fully saturated rings. The Hall–Kier alpha value is 0.660. The minimum absolute atomic E-state index is 0.753. The molecule has 3 heteroatoms. The lowest BCUT2D eigenvalue weighted by atomic mass is 9.83. The zero-order valence-electron chi connectivity index (χ0n) is 11.4. The maximum Gasteiger partial charge on any atom is 0.0297 e. The van der Waals surface area contributed by atoms with Gasteiger partial charge in [0.05, 0.1) is 0 Å². The minimum Gasteiger partial charge on any atom is -0.316 e. The molecule has 0 spiro atoms. The first kappa shape index (κ1) is 14.1. The Bertz CT molecular complexity index is 228. The first-order valence-corrected chi connectivity index (χ1v) is 9.16. The second-order valence-corrected chi connectivity index (χ2v) is 8.66. The van der Waals surface area contributed by atoms with Gasteiger partial charge < -0.3 is 5.32 Å². The van der Waals surface area contributed by atoms with E-state index in [1.807, 2.05) is 0 Å². The molecule has 0 amide bonds. The van der Waals surface area contributed by atoms with Gasteiger partial charge in [-0.1, -0.05) is 33.1 Å². The highest BCUT2D eigenvalue weighted by atomic mass is 32.2. The van der Waals surface area contributed by atoms with Gasteiger partial charge in [0.1, 0.15) is 0 Å². The van der Waals surface area contributed by atoms with Crippen LogP contribution in [0.1, 0.15) is 46.0 Å². The third-order valence-corrected chi connectivity index (χ3v) is 7.98. The van der Waals surface area contributed by atoms with Crippen LogP contribution in [0, 0.1) is 5.92 Å². The molecule has 100 valence electrons. The number of hydrogen-bond acceptors (Lipinski definition) is 3. The first-order chi connectivity index (χ1) is 8.22. The van der Waals surface area contributed by atoms with Crippen molar-refractivity contribution < 1.29 is 0 Å². The molecule has 0 aromatic heterocycles. The lowest BCUT2D eigenvalue weighted by molar-refractivity contribution is 0.277. The number of hydrogen-bond donors (Lipinski definition) is 1. The van der Waals surface area contributed by atoms with E-state index in [0.29, 0.717) is 0 Å². The lowest BCUT2D eigenvalue weighted by Gasteiger charge is -2.40.